The Hall–Kier alpha value is -2.50. The lowest BCUT2D eigenvalue weighted by molar-refractivity contribution is -0.472. The van der Waals surface area contributed by atoms with E-state index in [1.54, 1.807) is 40.9 Å². The van der Waals surface area contributed by atoms with Crippen molar-refractivity contribution in [3.8, 4) is 0 Å². The van der Waals surface area contributed by atoms with Gasteiger partial charge in [0.1, 0.15) is 49.3 Å². The standard InChI is InChI=1S/C70H110O27/c1-32-24-48(77-12)57(75)65(82-32)90-42-18-21-67(10)41(25-42)16-17-43-44(67)19-22-68(11)45(43)20-23-70(68,76)39(8)88-54-29-50-62(37(6)86-54)96-97-69(31-81-50)30-51(79-14)61(38(7)95-69)93-53-27-47(73)58(34(3)84-53)91-52-26-46(72)59(35(4)83-52)92-55-28-49(78-13)60(36(5)85-55)94-66-64(89-40(9)71)63(80-15)56(74)33(2)87-66/h16,24,32-39,42-47,49-56,58-66,72-74,76H,17-23,25-31H2,1-15H3/t32-,33-,34-,35-,36-,37-,38-,39+,42+,43-,44+,45+,46-,47+,49+,50-,51-,52+,53+,54+,55+,56+,58-,59-,60-,61-,62-,63+,64-,65-,66+,67+,68+,69+,70+/m1/s1. The number of ketones is 1. The molecule has 1 spiro atoms. The molecule has 4 N–H and O–H groups in total. The number of hydrogen-bond donors (Lipinski definition) is 4. The Morgan fingerprint density at radius 3 is 1.92 bits per heavy atom. The van der Waals surface area contributed by atoms with Gasteiger partial charge < -0.3 is 110 Å². The third-order valence-corrected chi connectivity index (χ3v) is 24.3. The minimum atomic E-state index is -1.38. The molecule has 4 aliphatic carbocycles. The third kappa shape index (κ3) is 14.6. The summed E-state index contributed by atoms with van der Waals surface area (Å²) in [5, 5.41) is 47.0. The number of carbonyl (C=O) groups excluding carboxylic acids is 2. The molecule has 7 saturated heterocycles. The van der Waals surface area contributed by atoms with E-state index in [1.807, 2.05) is 27.7 Å². The van der Waals surface area contributed by atoms with Gasteiger partial charge in [0.2, 0.25) is 12.1 Å². The summed E-state index contributed by atoms with van der Waals surface area (Å²) in [6.45, 7) is 20.6. The average Bonchev–Trinajstić information content (AvgIpc) is 1.63. The first kappa shape index (κ1) is 74.2. The maximum Gasteiger partial charge on any atom is 0.303 e. The van der Waals surface area contributed by atoms with Crippen molar-refractivity contribution in [1.82, 2.24) is 0 Å². The second-order valence-corrected chi connectivity index (χ2v) is 30.2. The fourth-order valence-corrected chi connectivity index (χ4v) is 19.0. The number of aliphatic hydroxyl groups excluding tert-OH is 3. The Balaban J connectivity index is 0.595. The number of Topliss-reactive ketones (excluding diaryl/α,β-unsaturated/α-hetero) is 1. The van der Waals surface area contributed by atoms with E-state index < -0.39 is 177 Å². The van der Waals surface area contributed by atoms with Gasteiger partial charge in [-0.3, -0.25) is 9.59 Å². The molecule has 97 heavy (non-hydrogen) atoms. The van der Waals surface area contributed by atoms with Crippen molar-refractivity contribution in [3.05, 3.63) is 23.5 Å². The van der Waals surface area contributed by atoms with Gasteiger partial charge in [-0.1, -0.05) is 25.5 Å². The molecule has 8 aliphatic heterocycles. The van der Waals surface area contributed by atoms with E-state index in [0.29, 0.717) is 30.6 Å². The molecule has 27 heteroatoms. The summed E-state index contributed by atoms with van der Waals surface area (Å²) in [7, 11) is 6.03. The number of ether oxygens (including phenoxy) is 19. The van der Waals surface area contributed by atoms with E-state index in [-0.39, 0.29) is 66.9 Å². The van der Waals surface area contributed by atoms with Crippen molar-refractivity contribution >= 4 is 11.8 Å². The molecule has 12 aliphatic rings. The number of carbonyl (C=O) groups is 2. The maximum absolute atomic E-state index is 13.1. The molecule has 0 unspecified atom stereocenters. The van der Waals surface area contributed by atoms with Gasteiger partial charge in [-0.2, -0.15) is 4.89 Å². The van der Waals surface area contributed by atoms with Gasteiger partial charge >= 0.3 is 5.97 Å². The number of aliphatic hydroxyl groups is 4. The van der Waals surface area contributed by atoms with Crippen molar-refractivity contribution in [1.29, 1.82) is 0 Å². The number of rotatable bonds is 18. The summed E-state index contributed by atoms with van der Waals surface area (Å²) in [6, 6.07) is 0. The van der Waals surface area contributed by atoms with E-state index in [2.05, 4.69) is 19.9 Å². The van der Waals surface area contributed by atoms with Crippen LogP contribution < -0.4 is 0 Å². The van der Waals surface area contributed by atoms with Gasteiger partial charge in [0.05, 0.1) is 98.2 Å². The second-order valence-electron chi connectivity index (χ2n) is 30.2. The van der Waals surface area contributed by atoms with Crippen LogP contribution in [0, 0.1) is 28.6 Å². The smallest absolute Gasteiger partial charge is 0.303 e. The van der Waals surface area contributed by atoms with E-state index in [4.69, 9.17) is 99.8 Å². The lowest BCUT2D eigenvalue weighted by Crippen LogP contribution is -2.62. The van der Waals surface area contributed by atoms with Gasteiger partial charge in [-0.15, -0.1) is 0 Å². The summed E-state index contributed by atoms with van der Waals surface area (Å²) in [4.78, 5) is 37.6. The highest BCUT2D eigenvalue weighted by Gasteiger charge is 2.66. The number of allylic oxidation sites excluding steroid dienone is 1. The van der Waals surface area contributed by atoms with E-state index >= 15 is 0 Å². The molecule has 0 aromatic carbocycles. The van der Waals surface area contributed by atoms with E-state index in [0.717, 1.165) is 44.9 Å². The van der Waals surface area contributed by atoms with Crippen LogP contribution >= 0.6 is 0 Å². The normalized spacial score (nSPS) is 51.4. The molecule has 0 aromatic rings. The minimum absolute atomic E-state index is 0.00706. The summed E-state index contributed by atoms with van der Waals surface area (Å²) in [5.41, 5.74) is -0.0477. The lowest BCUT2D eigenvalue weighted by Gasteiger charge is -2.59. The fourth-order valence-electron chi connectivity index (χ4n) is 19.0. The molecule has 35 atom stereocenters. The van der Waals surface area contributed by atoms with Gasteiger partial charge in [-0.25, -0.2) is 4.89 Å². The van der Waals surface area contributed by atoms with Crippen LogP contribution in [0.1, 0.15) is 160 Å². The largest absolute Gasteiger partial charge is 0.493 e. The fraction of sp³-hybridized carbons (Fsp3) is 0.914. The van der Waals surface area contributed by atoms with Crippen LogP contribution in [0.5, 0.6) is 0 Å². The molecular formula is C70H110O27. The van der Waals surface area contributed by atoms with Crippen LogP contribution in [-0.4, -0.2) is 251 Å². The molecule has 27 nitrogen and oxygen atoms in total. The van der Waals surface area contributed by atoms with Crippen LogP contribution in [0.4, 0.5) is 0 Å². The van der Waals surface area contributed by atoms with Crippen molar-refractivity contribution in [3.63, 3.8) is 0 Å². The number of fused-ring (bicyclic) bond motifs is 6. The number of hydrogen-bond acceptors (Lipinski definition) is 27. The Bertz CT molecular complexity index is 2740. The van der Waals surface area contributed by atoms with Crippen molar-refractivity contribution < 1.29 is 130 Å². The predicted octanol–water partition coefficient (Wildman–Crippen LogP) is 5.42. The van der Waals surface area contributed by atoms with E-state index in [1.165, 1.54) is 33.8 Å². The molecule has 0 radical (unpaired) electrons. The molecule has 12 rings (SSSR count). The second kappa shape index (κ2) is 29.9. The molecule has 552 valence electrons. The van der Waals surface area contributed by atoms with Crippen LogP contribution in [0.3, 0.4) is 0 Å². The summed E-state index contributed by atoms with van der Waals surface area (Å²) < 4.78 is 118. The number of esters is 1. The SMILES string of the molecule is COC1=C[C@@H](C)O[C@H](O[C@H]2CC[C@@]3(C)C(=CC[C@@H]4[C@@H]3CC[C@@]3(C)[C@H]4CC[C@]3(O)[C@H](C)O[C@H]3C[C@H]4OC[C@]5(C[C@@H](OC)[C@H](O[C@H]6C[C@H](O)[C@H](O[C@H]7C[C@@H](O)[C@H](O[C@H]8C[C@H](OC)[C@H](O[C@@H]9O[C@H](C)[C@H](O)[C@H](OC)[C@H]9OC(C)=O)[C@@H](C)O8)[C@@H](C)O7)[C@@H](C)O6)[C@@H](C)O5)OO[C@@H]4[C@@H](C)O3)C2)C1=O. The molecule has 8 heterocycles. The highest BCUT2D eigenvalue weighted by molar-refractivity contribution is 5.96. The predicted molar refractivity (Wildman–Crippen MR) is 336 cm³/mol. The zero-order valence-electron chi connectivity index (χ0n) is 59.1. The molecule has 0 bridgehead atoms. The van der Waals surface area contributed by atoms with Crippen LogP contribution in [0.25, 0.3) is 0 Å². The maximum atomic E-state index is 13.1. The van der Waals surface area contributed by atoms with Crippen molar-refractivity contribution in [2.24, 2.45) is 28.6 Å². The highest BCUT2D eigenvalue weighted by atomic mass is 17.2. The van der Waals surface area contributed by atoms with Crippen LogP contribution in [0.2, 0.25) is 0 Å². The first-order valence-electron chi connectivity index (χ1n) is 35.6. The molecular weight excluding hydrogens is 1270 g/mol. The third-order valence-electron chi connectivity index (χ3n) is 24.3. The van der Waals surface area contributed by atoms with Gasteiger partial charge in [0, 0.05) is 65.8 Å². The van der Waals surface area contributed by atoms with Crippen LogP contribution in [0.15, 0.2) is 23.5 Å². The molecule has 0 aromatic heterocycles. The minimum Gasteiger partial charge on any atom is -0.493 e. The number of methoxy groups -OCH3 is 4. The van der Waals surface area contributed by atoms with Gasteiger partial charge in [0.15, 0.2) is 43.3 Å². The van der Waals surface area contributed by atoms with Gasteiger partial charge in [0.25, 0.3) is 5.78 Å². The van der Waals surface area contributed by atoms with Crippen molar-refractivity contribution in [2.75, 3.05) is 35.0 Å². The Kier molecular flexibility index (Phi) is 22.9. The average molecular weight is 1380 g/mol. The first-order chi connectivity index (χ1) is 46.1. The van der Waals surface area contributed by atoms with Crippen LogP contribution in [-0.2, 0) is 109 Å². The molecule has 3 saturated carbocycles. The topological polar surface area (TPSA) is 309 Å². The molecule has 10 fully saturated rings. The monoisotopic (exact) mass is 1380 g/mol. The summed E-state index contributed by atoms with van der Waals surface area (Å²) >= 11 is 0. The Morgan fingerprint density at radius 2 is 1.28 bits per heavy atom. The van der Waals surface area contributed by atoms with Gasteiger partial charge in [-0.05, 0) is 136 Å². The zero-order valence-corrected chi connectivity index (χ0v) is 59.1. The summed E-state index contributed by atoms with van der Waals surface area (Å²) in [6.07, 6.45) is -8.90. The quantitative estimate of drug-likeness (QED) is 0.0756. The summed E-state index contributed by atoms with van der Waals surface area (Å²) in [5.74, 6) is -0.760. The lowest BCUT2D eigenvalue weighted by atomic mass is 9.46. The molecule has 0 amide bonds. The first-order valence-corrected chi connectivity index (χ1v) is 35.6. The zero-order chi connectivity index (χ0) is 69.4. The van der Waals surface area contributed by atoms with Crippen molar-refractivity contribution in [2.45, 2.75) is 343 Å². The van der Waals surface area contributed by atoms with E-state index in [9.17, 15) is 30.0 Å². The Labute approximate surface area is 569 Å². The highest BCUT2D eigenvalue weighted by Crippen LogP contribution is 2.68. The Morgan fingerprint density at radius 1 is 0.649 bits per heavy atom.